The minimum Gasteiger partial charge on any atom is -0.336 e. The summed E-state index contributed by atoms with van der Waals surface area (Å²) >= 11 is 12.0. The molecule has 1 fully saturated rings. The minimum atomic E-state index is -3.79. The molecule has 0 aliphatic carbocycles. The Labute approximate surface area is 185 Å². The third kappa shape index (κ3) is 4.11. The van der Waals surface area contributed by atoms with Gasteiger partial charge in [0.15, 0.2) is 0 Å². The Kier molecular flexibility index (Phi) is 5.88. The van der Waals surface area contributed by atoms with Crippen molar-refractivity contribution in [3.63, 3.8) is 0 Å². The number of carbonyl (C=O) groups excluding carboxylic acids is 1. The van der Waals surface area contributed by atoms with Gasteiger partial charge in [0.2, 0.25) is 10.0 Å². The predicted octanol–water partition coefficient (Wildman–Crippen LogP) is 3.93. The second-order valence-corrected chi connectivity index (χ2v) is 9.66. The van der Waals surface area contributed by atoms with Crippen molar-refractivity contribution in [1.82, 2.24) is 13.8 Å². The topological polar surface area (TPSA) is 62.6 Å². The van der Waals surface area contributed by atoms with Crippen LogP contribution in [-0.4, -0.2) is 54.3 Å². The first-order valence-electron chi connectivity index (χ1n) is 9.34. The summed E-state index contributed by atoms with van der Waals surface area (Å²) in [7, 11) is -3.79. The monoisotopic (exact) mass is 463 g/mol. The molecule has 156 valence electrons. The molecule has 1 amide bonds. The molecule has 3 aromatic rings. The Morgan fingerprint density at radius 1 is 0.867 bits per heavy atom. The highest BCUT2D eigenvalue weighted by Gasteiger charge is 2.32. The van der Waals surface area contributed by atoms with Gasteiger partial charge in [-0.05, 0) is 48.5 Å². The van der Waals surface area contributed by atoms with E-state index in [-0.39, 0.29) is 28.9 Å². The van der Waals surface area contributed by atoms with Crippen molar-refractivity contribution < 1.29 is 13.2 Å². The van der Waals surface area contributed by atoms with Gasteiger partial charge in [0.05, 0.1) is 5.02 Å². The first kappa shape index (κ1) is 20.9. The minimum absolute atomic E-state index is 0.0177. The predicted molar refractivity (Wildman–Crippen MR) is 117 cm³/mol. The van der Waals surface area contributed by atoms with Crippen LogP contribution in [0.25, 0.3) is 5.69 Å². The third-order valence-electron chi connectivity index (χ3n) is 5.03. The molecule has 1 aliphatic heterocycles. The first-order chi connectivity index (χ1) is 14.4. The zero-order valence-electron chi connectivity index (χ0n) is 15.9. The van der Waals surface area contributed by atoms with Crippen LogP contribution in [-0.2, 0) is 10.0 Å². The number of sulfonamides is 1. The van der Waals surface area contributed by atoms with Gasteiger partial charge in [0, 0.05) is 54.8 Å². The summed E-state index contributed by atoms with van der Waals surface area (Å²) in [6, 6.07) is 15.6. The molecule has 1 aliphatic rings. The zero-order chi connectivity index (χ0) is 21.3. The lowest BCUT2D eigenvalue weighted by atomic mass is 10.1. The van der Waals surface area contributed by atoms with Crippen LogP contribution in [0.1, 0.15) is 10.4 Å². The van der Waals surface area contributed by atoms with E-state index >= 15 is 0 Å². The number of halogens is 2. The van der Waals surface area contributed by atoms with Gasteiger partial charge in [-0.2, -0.15) is 4.31 Å². The summed E-state index contributed by atoms with van der Waals surface area (Å²) in [4.78, 5) is 14.6. The zero-order valence-corrected chi connectivity index (χ0v) is 18.2. The van der Waals surface area contributed by atoms with E-state index in [1.54, 1.807) is 17.0 Å². The van der Waals surface area contributed by atoms with Crippen LogP contribution in [0.3, 0.4) is 0 Å². The molecule has 0 saturated carbocycles. The molecule has 30 heavy (non-hydrogen) atoms. The van der Waals surface area contributed by atoms with Crippen LogP contribution >= 0.6 is 23.2 Å². The lowest BCUT2D eigenvalue weighted by Gasteiger charge is -2.34. The van der Waals surface area contributed by atoms with Crippen molar-refractivity contribution >= 4 is 39.1 Å². The molecule has 1 saturated heterocycles. The van der Waals surface area contributed by atoms with E-state index in [1.165, 1.54) is 16.4 Å². The van der Waals surface area contributed by atoms with Crippen LogP contribution in [0.5, 0.6) is 0 Å². The van der Waals surface area contributed by atoms with E-state index in [0.29, 0.717) is 23.7 Å². The van der Waals surface area contributed by atoms with Crippen LogP contribution in [0.15, 0.2) is 71.9 Å². The van der Waals surface area contributed by atoms with Gasteiger partial charge in [0.1, 0.15) is 4.90 Å². The molecule has 1 aromatic heterocycles. The smallest absolute Gasteiger partial charge is 0.254 e. The molecule has 2 aromatic carbocycles. The Morgan fingerprint density at radius 2 is 1.57 bits per heavy atom. The molecule has 4 rings (SSSR count). The molecule has 0 bridgehead atoms. The van der Waals surface area contributed by atoms with Crippen molar-refractivity contribution in [2.45, 2.75) is 4.90 Å². The normalized spacial score (nSPS) is 15.3. The molecule has 0 unspecified atom stereocenters. The summed E-state index contributed by atoms with van der Waals surface area (Å²) in [5, 5.41) is 0.425. The largest absolute Gasteiger partial charge is 0.336 e. The maximum absolute atomic E-state index is 13.0. The summed E-state index contributed by atoms with van der Waals surface area (Å²) in [5.74, 6) is -0.123. The van der Waals surface area contributed by atoms with Gasteiger partial charge < -0.3 is 9.47 Å². The number of rotatable bonds is 4. The van der Waals surface area contributed by atoms with Crippen LogP contribution < -0.4 is 0 Å². The molecule has 0 N–H and O–H groups in total. The van der Waals surface area contributed by atoms with E-state index < -0.39 is 10.0 Å². The van der Waals surface area contributed by atoms with Gasteiger partial charge in [-0.15, -0.1) is 0 Å². The second-order valence-electron chi connectivity index (χ2n) is 6.91. The lowest BCUT2D eigenvalue weighted by molar-refractivity contribution is 0.0698. The SMILES string of the molecule is O=C(c1cccc(-n2cccc2)c1)N1CCN(S(=O)(=O)c2cc(Cl)ccc2Cl)CC1. The highest BCUT2D eigenvalue weighted by atomic mass is 35.5. The maximum atomic E-state index is 13.0. The van der Waals surface area contributed by atoms with E-state index in [0.717, 1.165) is 5.69 Å². The number of hydrogen-bond donors (Lipinski definition) is 0. The first-order valence-corrected chi connectivity index (χ1v) is 11.5. The number of piperazine rings is 1. The molecule has 0 spiro atoms. The maximum Gasteiger partial charge on any atom is 0.254 e. The standard InChI is InChI=1S/C21H19Cl2N3O3S/c22-17-6-7-19(23)20(15-17)30(28,29)26-12-10-25(11-13-26)21(27)16-4-3-5-18(14-16)24-8-1-2-9-24/h1-9,14-15H,10-13H2. The molecule has 0 atom stereocenters. The fraction of sp³-hybridized carbons (Fsp3) is 0.190. The second kappa shape index (κ2) is 8.43. The molecule has 2 heterocycles. The van der Waals surface area contributed by atoms with Crippen LogP contribution in [0, 0.1) is 0 Å². The quantitative estimate of drug-likeness (QED) is 0.588. The number of benzene rings is 2. The fourth-order valence-electron chi connectivity index (χ4n) is 3.43. The Bertz CT molecular complexity index is 1170. The number of nitrogens with zero attached hydrogens (tertiary/aromatic N) is 3. The van der Waals surface area contributed by atoms with E-state index in [9.17, 15) is 13.2 Å². The number of carbonyl (C=O) groups is 1. The molecule has 0 radical (unpaired) electrons. The average Bonchev–Trinajstić information content (AvgIpc) is 3.30. The van der Waals surface area contributed by atoms with E-state index in [1.807, 2.05) is 47.3 Å². The van der Waals surface area contributed by atoms with Crippen molar-refractivity contribution in [3.8, 4) is 5.69 Å². The molecule has 9 heteroatoms. The van der Waals surface area contributed by atoms with Gasteiger partial charge in [-0.1, -0.05) is 29.3 Å². The Morgan fingerprint density at radius 3 is 2.27 bits per heavy atom. The number of hydrogen-bond acceptors (Lipinski definition) is 3. The summed E-state index contributed by atoms with van der Waals surface area (Å²) in [6.45, 7) is 0.969. The molecular weight excluding hydrogens is 445 g/mol. The van der Waals surface area contributed by atoms with Gasteiger partial charge >= 0.3 is 0 Å². The fourth-order valence-corrected chi connectivity index (χ4v) is 5.59. The third-order valence-corrected chi connectivity index (χ3v) is 7.65. The summed E-state index contributed by atoms with van der Waals surface area (Å²) in [5.41, 5.74) is 1.46. The lowest BCUT2D eigenvalue weighted by Crippen LogP contribution is -2.50. The van der Waals surface area contributed by atoms with Crippen LogP contribution in [0.2, 0.25) is 10.0 Å². The van der Waals surface area contributed by atoms with Crippen molar-refractivity contribution in [2.75, 3.05) is 26.2 Å². The van der Waals surface area contributed by atoms with E-state index in [2.05, 4.69) is 0 Å². The molecular formula is C21H19Cl2N3O3S. The van der Waals surface area contributed by atoms with Crippen LogP contribution in [0.4, 0.5) is 0 Å². The highest BCUT2D eigenvalue weighted by molar-refractivity contribution is 7.89. The number of amides is 1. The summed E-state index contributed by atoms with van der Waals surface area (Å²) < 4.78 is 29.2. The highest BCUT2D eigenvalue weighted by Crippen LogP contribution is 2.28. The molecule has 6 nitrogen and oxygen atoms in total. The van der Waals surface area contributed by atoms with E-state index in [4.69, 9.17) is 23.2 Å². The van der Waals surface area contributed by atoms with Crippen molar-refractivity contribution in [2.24, 2.45) is 0 Å². The van der Waals surface area contributed by atoms with Crippen molar-refractivity contribution in [3.05, 3.63) is 82.6 Å². The van der Waals surface area contributed by atoms with Gasteiger partial charge in [-0.25, -0.2) is 8.42 Å². The summed E-state index contributed by atoms with van der Waals surface area (Å²) in [6.07, 6.45) is 3.82. The van der Waals surface area contributed by atoms with Gasteiger partial charge in [0.25, 0.3) is 5.91 Å². The van der Waals surface area contributed by atoms with Gasteiger partial charge in [-0.3, -0.25) is 4.79 Å². The van der Waals surface area contributed by atoms with Crippen molar-refractivity contribution in [1.29, 1.82) is 0 Å². The Balaban J connectivity index is 1.48. The average molecular weight is 464 g/mol. The number of aromatic nitrogens is 1. The Hall–Kier alpha value is -2.32.